The summed E-state index contributed by atoms with van der Waals surface area (Å²) in [5.41, 5.74) is 2.07. The van der Waals surface area contributed by atoms with Crippen molar-refractivity contribution in [1.29, 1.82) is 0 Å². The highest BCUT2D eigenvalue weighted by Gasteiger charge is 2.16. The van der Waals surface area contributed by atoms with Gasteiger partial charge in [-0.2, -0.15) is 11.8 Å². The lowest BCUT2D eigenvalue weighted by atomic mass is 10.2. The molecule has 1 saturated heterocycles. The van der Waals surface area contributed by atoms with E-state index in [1.807, 2.05) is 36.0 Å². The SMILES string of the molecule is O=C(CC1CSCCN1)NCCCc1nc2ccccc2[nH]1. The maximum Gasteiger partial charge on any atom is 0.221 e. The number of carbonyl (C=O) groups is 1. The molecule has 1 aromatic carbocycles. The van der Waals surface area contributed by atoms with Crippen LogP contribution in [0.3, 0.4) is 0 Å². The van der Waals surface area contributed by atoms with E-state index >= 15 is 0 Å². The normalized spacial score (nSPS) is 18.5. The van der Waals surface area contributed by atoms with Crippen LogP contribution in [0.25, 0.3) is 11.0 Å². The Morgan fingerprint density at radius 1 is 1.41 bits per heavy atom. The van der Waals surface area contributed by atoms with Crippen molar-refractivity contribution in [3.63, 3.8) is 0 Å². The van der Waals surface area contributed by atoms with Crippen molar-refractivity contribution in [3.05, 3.63) is 30.1 Å². The molecule has 2 aromatic rings. The number of imidazole rings is 1. The fourth-order valence-electron chi connectivity index (χ4n) is 2.65. The Morgan fingerprint density at radius 3 is 3.14 bits per heavy atom. The van der Waals surface area contributed by atoms with E-state index in [0.717, 1.165) is 47.7 Å². The number of fused-ring (bicyclic) bond motifs is 1. The number of para-hydroxylation sites is 2. The Morgan fingerprint density at radius 2 is 2.32 bits per heavy atom. The fourth-order valence-corrected chi connectivity index (χ4v) is 3.60. The van der Waals surface area contributed by atoms with E-state index < -0.39 is 0 Å². The largest absolute Gasteiger partial charge is 0.356 e. The Kier molecular flexibility index (Phi) is 5.34. The van der Waals surface area contributed by atoms with Crippen LogP contribution < -0.4 is 10.6 Å². The van der Waals surface area contributed by atoms with Gasteiger partial charge in [-0.15, -0.1) is 0 Å². The van der Waals surface area contributed by atoms with Crippen LogP contribution in [0.5, 0.6) is 0 Å². The van der Waals surface area contributed by atoms with Crippen molar-refractivity contribution in [2.45, 2.75) is 25.3 Å². The summed E-state index contributed by atoms with van der Waals surface area (Å²) in [6.45, 7) is 1.71. The zero-order valence-electron chi connectivity index (χ0n) is 12.6. The highest BCUT2D eigenvalue weighted by atomic mass is 32.2. The molecule has 0 bridgehead atoms. The first-order chi connectivity index (χ1) is 10.8. The smallest absolute Gasteiger partial charge is 0.221 e. The predicted molar refractivity (Wildman–Crippen MR) is 91.2 cm³/mol. The third-order valence-corrected chi connectivity index (χ3v) is 4.91. The van der Waals surface area contributed by atoms with E-state index in [2.05, 4.69) is 20.6 Å². The summed E-state index contributed by atoms with van der Waals surface area (Å²) in [5.74, 6) is 3.31. The van der Waals surface area contributed by atoms with Gasteiger partial charge in [0.1, 0.15) is 5.82 Å². The van der Waals surface area contributed by atoms with Crippen molar-refractivity contribution in [2.75, 3.05) is 24.6 Å². The van der Waals surface area contributed by atoms with Gasteiger partial charge in [0.2, 0.25) is 5.91 Å². The average molecular weight is 318 g/mol. The van der Waals surface area contributed by atoms with E-state index in [4.69, 9.17) is 0 Å². The maximum absolute atomic E-state index is 11.9. The van der Waals surface area contributed by atoms with Gasteiger partial charge in [-0.25, -0.2) is 4.98 Å². The average Bonchev–Trinajstić information content (AvgIpc) is 2.95. The Labute approximate surface area is 134 Å². The molecule has 1 aliphatic rings. The Hall–Kier alpha value is -1.53. The molecule has 1 atom stereocenters. The molecule has 6 heteroatoms. The summed E-state index contributed by atoms with van der Waals surface area (Å²) in [7, 11) is 0. The van der Waals surface area contributed by atoms with Crippen molar-refractivity contribution in [1.82, 2.24) is 20.6 Å². The van der Waals surface area contributed by atoms with Crippen LogP contribution in [0.15, 0.2) is 24.3 Å². The summed E-state index contributed by atoms with van der Waals surface area (Å²) in [6.07, 6.45) is 2.34. The standard InChI is InChI=1S/C16H22N4OS/c21-16(10-12-11-22-9-8-17-12)18-7-3-6-15-19-13-4-1-2-5-14(13)20-15/h1-2,4-5,12,17H,3,6-11H2,(H,18,21)(H,19,20). The molecule has 118 valence electrons. The van der Waals surface area contributed by atoms with Crippen molar-refractivity contribution in [2.24, 2.45) is 0 Å². The third kappa shape index (κ3) is 4.24. The first-order valence-electron chi connectivity index (χ1n) is 7.83. The van der Waals surface area contributed by atoms with Crippen LogP contribution in [0.4, 0.5) is 0 Å². The highest BCUT2D eigenvalue weighted by Crippen LogP contribution is 2.11. The molecule has 22 heavy (non-hydrogen) atoms. The molecular formula is C16H22N4OS. The van der Waals surface area contributed by atoms with Gasteiger partial charge in [-0.3, -0.25) is 4.79 Å². The quantitative estimate of drug-likeness (QED) is 0.709. The molecule has 3 rings (SSSR count). The molecule has 2 heterocycles. The number of rotatable bonds is 6. The molecule has 5 nitrogen and oxygen atoms in total. The molecule has 1 fully saturated rings. The number of carbonyl (C=O) groups excluding carboxylic acids is 1. The molecular weight excluding hydrogens is 296 g/mol. The molecule has 0 spiro atoms. The Bertz CT molecular complexity index is 588. The number of amides is 1. The second-order valence-corrected chi connectivity index (χ2v) is 6.73. The fraction of sp³-hybridized carbons (Fsp3) is 0.500. The minimum atomic E-state index is 0.143. The number of aromatic amines is 1. The van der Waals surface area contributed by atoms with E-state index in [-0.39, 0.29) is 5.91 Å². The molecule has 0 aliphatic carbocycles. The van der Waals surface area contributed by atoms with Crippen LogP contribution in [0, 0.1) is 0 Å². The number of aromatic nitrogens is 2. The molecule has 0 saturated carbocycles. The summed E-state index contributed by atoms with van der Waals surface area (Å²) in [4.78, 5) is 19.7. The lowest BCUT2D eigenvalue weighted by Crippen LogP contribution is -2.41. The minimum absolute atomic E-state index is 0.143. The van der Waals surface area contributed by atoms with Crippen LogP contribution in [0.2, 0.25) is 0 Å². The van der Waals surface area contributed by atoms with Gasteiger partial charge in [-0.1, -0.05) is 12.1 Å². The number of hydrogen-bond acceptors (Lipinski definition) is 4. The van der Waals surface area contributed by atoms with Crippen molar-refractivity contribution in [3.8, 4) is 0 Å². The van der Waals surface area contributed by atoms with Crippen molar-refractivity contribution >= 4 is 28.7 Å². The number of benzene rings is 1. The van der Waals surface area contributed by atoms with Crippen LogP contribution in [-0.2, 0) is 11.2 Å². The number of aryl methyl sites for hydroxylation is 1. The first-order valence-corrected chi connectivity index (χ1v) is 8.98. The number of thioether (sulfide) groups is 1. The van der Waals surface area contributed by atoms with E-state index in [0.29, 0.717) is 19.0 Å². The third-order valence-electron chi connectivity index (χ3n) is 3.78. The second kappa shape index (κ2) is 7.65. The summed E-state index contributed by atoms with van der Waals surface area (Å²) in [6, 6.07) is 8.36. The van der Waals surface area contributed by atoms with E-state index in [1.54, 1.807) is 0 Å². The molecule has 1 unspecified atom stereocenters. The van der Waals surface area contributed by atoms with Gasteiger partial charge < -0.3 is 15.6 Å². The Balaban J connectivity index is 1.36. The van der Waals surface area contributed by atoms with Gasteiger partial charge in [-0.05, 0) is 18.6 Å². The molecule has 0 radical (unpaired) electrons. The number of hydrogen-bond donors (Lipinski definition) is 3. The lowest BCUT2D eigenvalue weighted by Gasteiger charge is -2.22. The topological polar surface area (TPSA) is 69.8 Å². The monoisotopic (exact) mass is 318 g/mol. The zero-order chi connectivity index (χ0) is 15.2. The van der Waals surface area contributed by atoms with Crippen LogP contribution in [-0.4, -0.2) is 46.5 Å². The summed E-state index contributed by atoms with van der Waals surface area (Å²) >= 11 is 1.92. The van der Waals surface area contributed by atoms with Gasteiger partial charge >= 0.3 is 0 Å². The van der Waals surface area contributed by atoms with E-state index in [1.165, 1.54) is 0 Å². The second-order valence-electron chi connectivity index (χ2n) is 5.58. The van der Waals surface area contributed by atoms with Gasteiger partial charge in [0.15, 0.2) is 0 Å². The molecule has 1 amide bonds. The molecule has 3 N–H and O–H groups in total. The van der Waals surface area contributed by atoms with Gasteiger partial charge in [0, 0.05) is 43.5 Å². The number of nitrogens with one attached hydrogen (secondary N) is 3. The van der Waals surface area contributed by atoms with E-state index in [9.17, 15) is 4.79 Å². The van der Waals surface area contributed by atoms with Crippen molar-refractivity contribution < 1.29 is 4.79 Å². The predicted octanol–water partition coefficient (Wildman–Crippen LogP) is 1.71. The van der Waals surface area contributed by atoms with Gasteiger partial charge in [0.25, 0.3) is 0 Å². The van der Waals surface area contributed by atoms with Crippen LogP contribution >= 0.6 is 11.8 Å². The number of H-pyrrole nitrogens is 1. The minimum Gasteiger partial charge on any atom is -0.356 e. The van der Waals surface area contributed by atoms with Gasteiger partial charge in [0.05, 0.1) is 11.0 Å². The van der Waals surface area contributed by atoms with Crippen LogP contribution in [0.1, 0.15) is 18.7 Å². The zero-order valence-corrected chi connectivity index (χ0v) is 13.4. The molecule has 1 aliphatic heterocycles. The summed E-state index contributed by atoms with van der Waals surface area (Å²) in [5, 5.41) is 6.39. The highest BCUT2D eigenvalue weighted by molar-refractivity contribution is 7.99. The number of nitrogens with zero attached hydrogens (tertiary/aromatic N) is 1. The lowest BCUT2D eigenvalue weighted by molar-refractivity contribution is -0.121. The first kappa shape index (κ1) is 15.4. The molecule has 1 aromatic heterocycles. The maximum atomic E-state index is 11.9. The summed E-state index contributed by atoms with van der Waals surface area (Å²) < 4.78 is 0.